The molecule has 0 aliphatic rings. The van der Waals surface area contributed by atoms with Crippen LogP contribution in [0, 0.1) is 0 Å². The monoisotopic (exact) mass is 145 g/mol. The standard InChI is InChI=1S/C4H7N3O3/c5-7-6-1-2-10-3-4(8)9/h1-3H2,(H,8,9). The van der Waals surface area contributed by atoms with E-state index in [9.17, 15) is 4.79 Å². The molecule has 0 aliphatic carbocycles. The largest absolute Gasteiger partial charge is 0.480 e. The van der Waals surface area contributed by atoms with Gasteiger partial charge in [0, 0.05) is 11.5 Å². The van der Waals surface area contributed by atoms with E-state index in [0.717, 1.165) is 0 Å². The highest BCUT2D eigenvalue weighted by molar-refractivity contribution is 5.67. The van der Waals surface area contributed by atoms with Crippen LogP contribution in [0.5, 0.6) is 0 Å². The van der Waals surface area contributed by atoms with Crippen LogP contribution >= 0.6 is 0 Å². The van der Waals surface area contributed by atoms with E-state index in [-0.39, 0.29) is 19.8 Å². The molecule has 0 saturated heterocycles. The molecule has 0 aromatic rings. The van der Waals surface area contributed by atoms with Crippen molar-refractivity contribution in [3.05, 3.63) is 10.4 Å². The molecular weight excluding hydrogens is 138 g/mol. The molecule has 0 fully saturated rings. The summed E-state index contributed by atoms with van der Waals surface area (Å²) in [4.78, 5) is 12.3. The third-order valence-corrected chi connectivity index (χ3v) is 0.624. The van der Waals surface area contributed by atoms with Crippen molar-refractivity contribution < 1.29 is 14.6 Å². The quantitative estimate of drug-likeness (QED) is 0.262. The summed E-state index contributed by atoms with van der Waals surface area (Å²) >= 11 is 0. The fourth-order valence-corrected chi connectivity index (χ4v) is 0.310. The minimum Gasteiger partial charge on any atom is -0.480 e. The predicted octanol–water partition coefficient (Wildman–Crippen LogP) is 0.398. The maximum absolute atomic E-state index is 9.80. The topological polar surface area (TPSA) is 95.3 Å². The molecular formula is C4H7N3O3. The number of carbonyl (C=O) groups is 1. The van der Waals surface area contributed by atoms with Gasteiger partial charge in [0.2, 0.25) is 0 Å². The molecule has 0 aromatic heterocycles. The van der Waals surface area contributed by atoms with E-state index in [1.807, 2.05) is 0 Å². The second kappa shape index (κ2) is 5.87. The molecule has 0 rings (SSSR count). The fraction of sp³-hybridized carbons (Fsp3) is 0.750. The van der Waals surface area contributed by atoms with E-state index in [4.69, 9.17) is 10.6 Å². The Labute approximate surface area is 57.0 Å². The highest BCUT2D eigenvalue weighted by Gasteiger charge is 1.93. The molecule has 0 spiro atoms. The Morgan fingerprint density at radius 2 is 2.50 bits per heavy atom. The minimum atomic E-state index is -1.03. The maximum Gasteiger partial charge on any atom is 0.329 e. The lowest BCUT2D eigenvalue weighted by molar-refractivity contribution is -0.142. The fourth-order valence-electron chi connectivity index (χ4n) is 0.310. The van der Waals surface area contributed by atoms with Gasteiger partial charge in [-0.25, -0.2) is 4.79 Å². The molecule has 1 N–H and O–H groups in total. The lowest BCUT2D eigenvalue weighted by atomic mass is 10.7. The lowest BCUT2D eigenvalue weighted by Crippen LogP contribution is -2.08. The van der Waals surface area contributed by atoms with Crippen LogP contribution in [0.2, 0.25) is 0 Å². The van der Waals surface area contributed by atoms with E-state index < -0.39 is 5.97 Å². The number of nitrogens with zero attached hydrogens (tertiary/aromatic N) is 3. The van der Waals surface area contributed by atoms with Gasteiger partial charge in [-0.2, -0.15) is 0 Å². The minimum absolute atomic E-state index is 0.149. The number of azide groups is 1. The van der Waals surface area contributed by atoms with Crippen molar-refractivity contribution in [1.29, 1.82) is 0 Å². The maximum atomic E-state index is 9.80. The average Bonchev–Trinajstić information content (AvgIpc) is 1.87. The molecule has 0 aliphatic heterocycles. The third kappa shape index (κ3) is 6.74. The number of hydrogen-bond acceptors (Lipinski definition) is 3. The van der Waals surface area contributed by atoms with Crippen molar-refractivity contribution in [3.8, 4) is 0 Å². The molecule has 10 heavy (non-hydrogen) atoms. The molecule has 56 valence electrons. The zero-order chi connectivity index (χ0) is 7.82. The Hall–Kier alpha value is -1.26. The number of aliphatic carboxylic acids is 1. The Kier molecular flexibility index (Phi) is 5.13. The van der Waals surface area contributed by atoms with Gasteiger partial charge in [0.15, 0.2) is 0 Å². The summed E-state index contributed by atoms with van der Waals surface area (Å²) < 4.78 is 4.53. The van der Waals surface area contributed by atoms with Crippen LogP contribution in [0.25, 0.3) is 10.4 Å². The Balaban J connectivity index is 3.05. The Bertz CT molecular complexity index is 148. The number of rotatable bonds is 5. The van der Waals surface area contributed by atoms with Crippen LogP contribution in [-0.4, -0.2) is 30.8 Å². The van der Waals surface area contributed by atoms with Crippen LogP contribution in [0.3, 0.4) is 0 Å². The molecule has 0 aromatic carbocycles. The second-order valence-corrected chi connectivity index (χ2v) is 1.40. The molecule has 0 bridgehead atoms. The van der Waals surface area contributed by atoms with E-state index >= 15 is 0 Å². The summed E-state index contributed by atoms with van der Waals surface area (Å²) in [5.41, 5.74) is 7.76. The first-order chi connectivity index (χ1) is 4.77. The number of carboxylic acid groups (broad SMARTS) is 1. The highest BCUT2D eigenvalue weighted by Crippen LogP contribution is 1.76. The van der Waals surface area contributed by atoms with Crippen molar-refractivity contribution in [1.82, 2.24) is 0 Å². The number of ether oxygens (including phenoxy) is 1. The van der Waals surface area contributed by atoms with Crippen molar-refractivity contribution in [2.75, 3.05) is 19.8 Å². The summed E-state index contributed by atoms with van der Waals surface area (Å²) in [6, 6.07) is 0. The zero-order valence-electron chi connectivity index (χ0n) is 5.23. The van der Waals surface area contributed by atoms with Crippen molar-refractivity contribution in [2.45, 2.75) is 0 Å². The van der Waals surface area contributed by atoms with Crippen molar-refractivity contribution >= 4 is 5.97 Å². The third-order valence-electron chi connectivity index (χ3n) is 0.624. The number of hydrogen-bond donors (Lipinski definition) is 1. The van der Waals surface area contributed by atoms with Crippen molar-refractivity contribution in [2.24, 2.45) is 5.11 Å². The van der Waals surface area contributed by atoms with Crippen LogP contribution in [-0.2, 0) is 9.53 Å². The summed E-state index contributed by atoms with van der Waals surface area (Å²) in [6.07, 6.45) is 0. The summed E-state index contributed by atoms with van der Waals surface area (Å²) in [6.45, 7) is -0.0267. The van der Waals surface area contributed by atoms with Gasteiger partial charge in [-0.05, 0) is 5.53 Å². The first kappa shape index (κ1) is 8.74. The van der Waals surface area contributed by atoms with E-state index in [1.165, 1.54) is 0 Å². The van der Waals surface area contributed by atoms with Gasteiger partial charge in [-0.3, -0.25) is 0 Å². The normalized spacial score (nSPS) is 8.40. The molecule has 6 nitrogen and oxygen atoms in total. The van der Waals surface area contributed by atoms with Gasteiger partial charge >= 0.3 is 5.97 Å². The SMILES string of the molecule is [N-]=[N+]=NCCOCC(=O)O. The molecule has 0 unspecified atom stereocenters. The van der Waals surface area contributed by atoms with Crippen LogP contribution < -0.4 is 0 Å². The van der Waals surface area contributed by atoms with Crippen molar-refractivity contribution in [3.63, 3.8) is 0 Å². The molecule has 0 amide bonds. The zero-order valence-corrected chi connectivity index (χ0v) is 5.23. The second-order valence-electron chi connectivity index (χ2n) is 1.40. The van der Waals surface area contributed by atoms with E-state index in [1.54, 1.807) is 0 Å². The Morgan fingerprint density at radius 1 is 1.80 bits per heavy atom. The number of carboxylic acids is 1. The van der Waals surface area contributed by atoms with Crippen LogP contribution in [0.4, 0.5) is 0 Å². The Morgan fingerprint density at radius 3 is 3.00 bits per heavy atom. The summed E-state index contributed by atoms with van der Waals surface area (Å²) in [5.74, 6) is -1.03. The highest BCUT2D eigenvalue weighted by atomic mass is 16.5. The smallest absolute Gasteiger partial charge is 0.329 e. The summed E-state index contributed by atoms with van der Waals surface area (Å²) in [7, 11) is 0. The first-order valence-electron chi connectivity index (χ1n) is 2.57. The van der Waals surface area contributed by atoms with Gasteiger partial charge in [0.1, 0.15) is 6.61 Å². The predicted molar refractivity (Wildman–Crippen MR) is 32.5 cm³/mol. The van der Waals surface area contributed by atoms with E-state index in [0.29, 0.717) is 0 Å². The molecule has 0 radical (unpaired) electrons. The molecule has 6 heteroatoms. The molecule has 0 atom stereocenters. The van der Waals surface area contributed by atoms with Crippen LogP contribution in [0.1, 0.15) is 0 Å². The van der Waals surface area contributed by atoms with Gasteiger partial charge in [0.05, 0.1) is 6.61 Å². The first-order valence-corrected chi connectivity index (χ1v) is 2.57. The van der Waals surface area contributed by atoms with Gasteiger partial charge in [-0.1, -0.05) is 5.11 Å². The van der Waals surface area contributed by atoms with Gasteiger partial charge in [0.25, 0.3) is 0 Å². The van der Waals surface area contributed by atoms with Gasteiger partial charge in [-0.15, -0.1) is 0 Å². The van der Waals surface area contributed by atoms with Gasteiger partial charge < -0.3 is 9.84 Å². The summed E-state index contributed by atoms with van der Waals surface area (Å²) in [5, 5.41) is 11.2. The molecule has 0 heterocycles. The molecule has 0 saturated carbocycles. The average molecular weight is 145 g/mol. The van der Waals surface area contributed by atoms with E-state index in [2.05, 4.69) is 14.8 Å². The lowest BCUT2D eigenvalue weighted by Gasteiger charge is -1.94. The van der Waals surface area contributed by atoms with Crippen LogP contribution in [0.15, 0.2) is 5.11 Å².